The fraction of sp³-hybridized carbons (Fsp3) is 0.500. The first kappa shape index (κ1) is 15.9. The molecule has 4 nitrogen and oxygen atoms in total. The van der Waals surface area contributed by atoms with Gasteiger partial charge in [-0.05, 0) is 32.6 Å². The molecule has 0 bridgehead atoms. The number of benzene rings is 1. The highest BCUT2D eigenvalue weighted by molar-refractivity contribution is 7.98. The molecule has 1 aliphatic rings. The first-order valence-corrected chi connectivity index (χ1v) is 8.42. The number of nitrogens with zero attached hydrogens (tertiary/aromatic N) is 1. The Kier molecular flexibility index (Phi) is 4.33. The van der Waals surface area contributed by atoms with E-state index in [1.165, 1.54) is 0 Å². The lowest BCUT2D eigenvalue weighted by Crippen LogP contribution is -2.72. The lowest BCUT2D eigenvalue weighted by atomic mass is 9.83. The Balaban J connectivity index is 2.49. The lowest BCUT2D eigenvalue weighted by molar-refractivity contribution is -0.161. The second-order valence-electron chi connectivity index (χ2n) is 5.97. The van der Waals surface area contributed by atoms with Crippen LogP contribution in [0.15, 0.2) is 30.3 Å². The van der Waals surface area contributed by atoms with Crippen LogP contribution in [0.1, 0.15) is 26.3 Å². The van der Waals surface area contributed by atoms with Crippen molar-refractivity contribution >= 4 is 23.6 Å². The van der Waals surface area contributed by atoms with Gasteiger partial charge in [0.1, 0.15) is 11.1 Å². The molecule has 1 aromatic rings. The summed E-state index contributed by atoms with van der Waals surface area (Å²) in [5, 5.41) is 2.86. The topological polar surface area (TPSA) is 49.4 Å². The predicted molar refractivity (Wildman–Crippen MR) is 86.1 cm³/mol. The van der Waals surface area contributed by atoms with E-state index in [0.717, 1.165) is 11.3 Å². The second-order valence-corrected chi connectivity index (χ2v) is 6.95. The highest BCUT2D eigenvalue weighted by Gasteiger charge is 2.53. The molecule has 0 aliphatic carbocycles. The van der Waals surface area contributed by atoms with Crippen LogP contribution in [-0.4, -0.2) is 40.8 Å². The monoisotopic (exact) mass is 306 g/mol. The van der Waals surface area contributed by atoms with Gasteiger partial charge in [-0.25, -0.2) is 0 Å². The van der Waals surface area contributed by atoms with Crippen molar-refractivity contribution in [3.8, 4) is 0 Å². The molecule has 0 aromatic heterocycles. The summed E-state index contributed by atoms with van der Waals surface area (Å²) in [7, 11) is 0. The van der Waals surface area contributed by atoms with Crippen LogP contribution in [0, 0.1) is 0 Å². The number of carbonyl (C=O) groups excluding carboxylic acids is 2. The summed E-state index contributed by atoms with van der Waals surface area (Å²) < 4.78 is 0. The van der Waals surface area contributed by atoms with Crippen molar-refractivity contribution in [2.45, 2.75) is 31.8 Å². The van der Waals surface area contributed by atoms with Crippen LogP contribution in [0.5, 0.6) is 0 Å². The van der Waals surface area contributed by atoms with E-state index < -0.39 is 11.1 Å². The molecule has 1 unspecified atom stereocenters. The van der Waals surface area contributed by atoms with Crippen molar-refractivity contribution in [3.05, 3.63) is 35.9 Å². The molecule has 1 aromatic carbocycles. The maximum Gasteiger partial charge on any atom is 0.251 e. The molecular formula is C16H22N2O2S. The van der Waals surface area contributed by atoms with Crippen molar-refractivity contribution in [2.24, 2.45) is 0 Å². The zero-order valence-electron chi connectivity index (χ0n) is 13.0. The molecular weight excluding hydrogens is 284 g/mol. The molecule has 114 valence electrons. The number of hydrogen-bond acceptors (Lipinski definition) is 3. The number of piperazine rings is 1. The van der Waals surface area contributed by atoms with E-state index in [0.29, 0.717) is 6.54 Å². The van der Waals surface area contributed by atoms with Crippen molar-refractivity contribution in [3.63, 3.8) is 0 Å². The minimum atomic E-state index is -0.955. The predicted octanol–water partition coefficient (Wildman–Crippen LogP) is 2.00. The quantitative estimate of drug-likeness (QED) is 0.925. The molecule has 1 saturated heterocycles. The summed E-state index contributed by atoms with van der Waals surface area (Å²) in [4.78, 5) is 27.2. The van der Waals surface area contributed by atoms with Crippen molar-refractivity contribution in [2.75, 3.05) is 18.6 Å². The molecule has 0 radical (unpaired) electrons. The van der Waals surface area contributed by atoms with Gasteiger partial charge in [-0.15, -0.1) is 0 Å². The molecule has 1 fully saturated rings. The van der Waals surface area contributed by atoms with Crippen molar-refractivity contribution < 1.29 is 9.59 Å². The molecule has 2 amide bonds. The first-order valence-electron chi connectivity index (χ1n) is 7.03. The first-order chi connectivity index (χ1) is 9.84. The third kappa shape index (κ3) is 2.67. The number of rotatable bonds is 4. The molecule has 1 atom stereocenters. The van der Waals surface area contributed by atoms with Crippen LogP contribution in [0.25, 0.3) is 0 Å². The third-order valence-electron chi connectivity index (χ3n) is 4.04. The highest BCUT2D eigenvalue weighted by Crippen LogP contribution is 2.34. The Morgan fingerprint density at radius 1 is 1.14 bits per heavy atom. The highest BCUT2D eigenvalue weighted by atomic mass is 32.2. The molecule has 21 heavy (non-hydrogen) atoms. The van der Waals surface area contributed by atoms with Gasteiger partial charge in [0.05, 0.1) is 0 Å². The minimum Gasteiger partial charge on any atom is -0.340 e. The lowest BCUT2D eigenvalue weighted by Gasteiger charge is -2.49. The number of amides is 2. The van der Waals surface area contributed by atoms with Crippen molar-refractivity contribution in [1.82, 2.24) is 10.2 Å². The molecule has 5 heteroatoms. The van der Waals surface area contributed by atoms with Gasteiger partial charge in [-0.3, -0.25) is 9.59 Å². The number of nitrogens with one attached hydrogen (secondary N) is 1. The Labute approximate surface area is 130 Å². The van der Waals surface area contributed by atoms with Gasteiger partial charge in [0.25, 0.3) is 5.91 Å². The van der Waals surface area contributed by atoms with Gasteiger partial charge in [0.2, 0.25) is 5.91 Å². The zero-order valence-corrected chi connectivity index (χ0v) is 13.8. The van der Waals surface area contributed by atoms with Gasteiger partial charge in [-0.2, -0.15) is 11.8 Å². The van der Waals surface area contributed by atoms with E-state index in [2.05, 4.69) is 5.32 Å². The fourth-order valence-corrected chi connectivity index (χ4v) is 3.04. The van der Waals surface area contributed by atoms with Crippen LogP contribution in [0.3, 0.4) is 0 Å². The standard InChI is InChI=1S/C16H22N2O2S/c1-15(2)14(20)18(10-11-21-4)16(3,13(19)17-15)12-8-6-5-7-9-12/h5-9H,10-11H2,1-4H3,(H,17,19). The molecule has 2 rings (SSSR count). The Morgan fingerprint density at radius 3 is 2.33 bits per heavy atom. The smallest absolute Gasteiger partial charge is 0.251 e. The summed E-state index contributed by atoms with van der Waals surface area (Å²) >= 11 is 1.67. The molecule has 1 N–H and O–H groups in total. The molecule has 0 saturated carbocycles. The van der Waals surface area contributed by atoms with Gasteiger partial charge in [0, 0.05) is 12.3 Å². The average molecular weight is 306 g/mol. The minimum absolute atomic E-state index is 0.0393. The summed E-state index contributed by atoms with van der Waals surface area (Å²) in [5.74, 6) is 0.638. The summed E-state index contributed by atoms with van der Waals surface area (Å²) in [5.41, 5.74) is -0.972. The Hall–Kier alpha value is -1.49. The van der Waals surface area contributed by atoms with E-state index in [1.54, 1.807) is 30.5 Å². The Bertz CT molecular complexity index is 544. The SMILES string of the molecule is CSCCN1C(=O)C(C)(C)NC(=O)C1(C)c1ccccc1. The summed E-state index contributed by atoms with van der Waals surface area (Å²) in [6.45, 7) is 5.89. The number of thioether (sulfide) groups is 1. The number of hydrogen-bond donors (Lipinski definition) is 1. The van der Waals surface area contributed by atoms with E-state index in [1.807, 2.05) is 43.5 Å². The summed E-state index contributed by atoms with van der Waals surface area (Å²) in [6, 6.07) is 9.50. The fourth-order valence-electron chi connectivity index (χ4n) is 2.68. The molecule has 1 heterocycles. The van der Waals surface area contributed by atoms with Crippen LogP contribution < -0.4 is 5.32 Å². The zero-order chi connectivity index (χ0) is 15.7. The molecule has 0 spiro atoms. The van der Waals surface area contributed by atoms with Gasteiger partial charge in [-0.1, -0.05) is 30.3 Å². The van der Waals surface area contributed by atoms with Crippen LogP contribution >= 0.6 is 11.8 Å². The number of carbonyl (C=O) groups is 2. The van der Waals surface area contributed by atoms with E-state index in [9.17, 15) is 9.59 Å². The van der Waals surface area contributed by atoms with E-state index in [-0.39, 0.29) is 11.8 Å². The second kappa shape index (κ2) is 5.72. The maximum atomic E-state index is 12.8. The van der Waals surface area contributed by atoms with E-state index >= 15 is 0 Å². The molecule has 1 aliphatic heterocycles. The van der Waals surface area contributed by atoms with E-state index in [4.69, 9.17) is 0 Å². The average Bonchev–Trinajstić information content (AvgIpc) is 2.46. The van der Waals surface area contributed by atoms with Gasteiger partial charge in [0.15, 0.2) is 0 Å². The summed E-state index contributed by atoms with van der Waals surface area (Å²) in [6.07, 6.45) is 2.00. The normalized spacial score (nSPS) is 24.9. The van der Waals surface area contributed by atoms with Crippen LogP contribution in [0.4, 0.5) is 0 Å². The van der Waals surface area contributed by atoms with Gasteiger partial charge < -0.3 is 10.2 Å². The van der Waals surface area contributed by atoms with Gasteiger partial charge >= 0.3 is 0 Å². The van der Waals surface area contributed by atoms with Crippen LogP contribution in [-0.2, 0) is 15.1 Å². The third-order valence-corrected chi connectivity index (χ3v) is 4.63. The van der Waals surface area contributed by atoms with Crippen LogP contribution in [0.2, 0.25) is 0 Å². The van der Waals surface area contributed by atoms with Crippen molar-refractivity contribution in [1.29, 1.82) is 0 Å². The maximum absolute atomic E-state index is 12.8. The largest absolute Gasteiger partial charge is 0.340 e. The Morgan fingerprint density at radius 2 is 1.76 bits per heavy atom.